The number of hydrogen-bond donors (Lipinski definition) is 3. The van der Waals surface area contributed by atoms with Gasteiger partial charge in [-0.2, -0.15) is 0 Å². The van der Waals surface area contributed by atoms with Crippen LogP contribution < -0.4 is 10.6 Å². The molecular formula is C17H22N2O4. The van der Waals surface area contributed by atoms with Crippen LogP contribution in [-0.2, 0) is 4.79 Å². The minimum atomic E-state index is -1.12. The molecule has 23 heavy (non-hydrogen) atoms. The molecule has 0 spiro atoms. The maximum absolute atomic E-state index is 12.5. The summed E-state index contributed by atoms with van der Waals surface area (Å²) in [6, 6.07) is 5.57. The predicted octanol–water partition coefficient (Wildman–Crippen LogP) is 1.95. The molecular weight excluding hydrogens is 296 g/mol. The Balaban J connectivity index is 2.11. The van der Waals surface area contributed by atoms with Gasteiger partial charge in [0, 0.05) is 6.04 Å². The van der Waals surface area contributed by atoms with E-state index in [1.807, 2.05) is 0 Å². The SMILES string of the molecule is CC(NC(=O)c1ccccc1C(=O)NC1CCCCC1)C(=O)O. The van der Waals surface area contributed by atoms with Gasteiger partial charge in [0.15, 0.2) is 0 Å². The van der Waals surface area contributed by atoms with E-state index in [0.29, 0.717) is 0 Å². The van der Waals surface area contributed by atoms with Crippen LogP contribution in [-0.4, -0.2) is 35.0 Å². The highest BCUT2D eigenvalue weighted by Gasteiger charge is 2.22. The van der Waals surface area contributed by atoms with Gasteiger partial charge in [-0.15, -0.1) is 0 Å². The molecule has 3 N–H and O–H groups in total. The molecule has 124 valence electrons. The average molecular weight is 318 g/mol. The van der Waals surface area contributed by atoms with Crippen LogP contribution in [0.1, 0.15) is 59.7 Å². The van der Waals surface area contributed by atoms with E-state index in [0.717, 1.165) is 25.7 Å². The lowest BCUT2D eigenvalue weighted by Crippen LogP contribution is -2.40. The van der Waals surface area contributed by atoms with E-state index in [1.165, 1.54) is 19.4 Å². The Morgan fingerprint density at radius 2 is 1.61 bits per heavy atom. The first kappa shape index (κ1) is 17.0. The molecule has 6 heteroatoms. The molecule has 1 aromatic rings. The molecule has 2 amide bonds. The lowest BCUT2D eigenvalue weighted by atomic mass is 9.95. The number of carbonyl (C=O) groups excluding carboxylic acids is 2. The van der Waals surface area contributed by atoms with Crippen molar-refractivity contribution in [3.8, 4) is 0 Å². The van der Waals surface area contributed by atoms with E-state index in [2.05, 4.69) is 10.6 Å². The van der Waals surface area contributed by atoms with E-state index in [1.54, 1.807) is 18.2 Å². The Morgan fingerprint density at radius 1 is 1.04 bits per heavy atom. The Kier molecular flexibility index (Phi) is 5.73. The third-order valence-corrected chi connectivity index (χ3v) is 4.07. The summed E-state index contributed by atoms with van der Waals surface area (Å²) in [5, 5.41) is 14.2. The first-order valence-electron chi connectivity index (χ1n) is 7.92. The van der Waals surface area contributed by atoms with Crippen molar-refractivity contribution >= 4 is 17.8 Å². The fourth-order valence-electron chi connectivity index (χ4n) is 2.73. The molecule has 0 saturated heterocycles. The Bertz CT molecular complexity index is 594. The first-order valence-corrected chi connectivity index (χ1v) is 7.92. The number of nitrogens with one attached hydrogen (secondary N) is 2. The topological polar surface area (TPSA) is 95.5 Å². The van der Waals surface area contributed by atoms with Crippen LogP contribution in [0.25, 0.3) is 0 Å². The number of hydrogen-bond acceptors (Lipinski definition) is 3. The van der Waals surface area contributed by atoms with Crippen molar-refractivity contribution in [1.29, 1.82) is 0 Å². The number of rotatable bonds is 5. The number of carboxylic acids is 1. The first-order chi connectivity index (χ1) is 11.0. The summed E-state index contributed by atoms with van der Waals surface area (Å²) < 4.78 is 0. The third-order valence-electron chi connectivity index (χ3n) is 4.07. The van der Waals surface area contributed by atoms with Crippen LogP contribution in [0.15, 0.2) is 24.3 Å². The lowest BCUT2D eigenvalue weighted by Gasteiger charge is -2.23. The van der Waals surface area contributed by atoms with E-state index in [4.69, 9.17) is 5.11 Å². The highest BCUT2D eigenvalue weighted by atomic mass is 16.4. The molecule has 2 rings (SSSR count). The molecule has 1 aliphatic carbocycles. The van der Waals surface area contributed by atoms with Gasteiger partial charge >= 0.3 is 5.97 Å². The highest BCUT2D eigenvalue weighted by Crippen LogP contribution is 2.18. The highest BCUT2D eigenvalue weighted by molar-refractivity contribution is 6.07. The van der Waals surface area contributed by atoms with Gasteiger partial charge in [0.1, 0.15) is 6.04 Å². The smallest absolute Gasteiger partial charge is 0.325 e. The number of carbonyl (C=O) groups is 3. The van der Waals surface area contributed by atoms with Crippen molar-refractivity contribution in [2.24, 2.45) is 0 Å². The number of aliphatic carboxylic acids is 1. The monoisotopic (exact) mass is 318 g/mol. The van der Waals surface area contributed by atoms with Crippen LogP contribution in [0.2, 0.25) is 0 Å². The predicted molar refractivity (Wildman–Crippen MR) is 85.3 cm³/mol. The maximum atomic E-state index is 12.5. The summed E-state index contributed by atoms with van der Waals surface area (Å²) in [5.41, 5.74) is 0.460. The Hall–Kier alpha value is -2.37. The van der Waals surface area contributed by atoms with Crippen molar-refractivity contribution < 1.29 is 19.5 Å². The number of amides is 2. The van der Waals surface area contributed by atoms with Gasteiger partial charge in [0.2, 0.25) is 0 Å². The zero-order chi connectivity index (χ0) is 16.8. The fraction of sp³-hybridized carbons (Fsp3) is 0.471. The van der Waals surface area contributed by atoms with Crippen LogP contribution in [0, 0.1) is 0 Å². The Morgan fingerprint density at radius 3 is 2.17 bits per heavy atom. The molecule has 0 aliphatic heterocycles. The standard InChI is InChI=1S/C17H22N2O4/c1-11(17(22)23)18-15(20)13-9-5-6-10-14(13)16(21)19-12-7-3-2-4-8-12/h5-6,9-12H,2-4,7-8H2,1H3,(H,18,20)(H,19,21)(H,22,23). The van der Waals surface area contributed by atoms with Gasteiger partial charge in [0.25, 0.3) is 11.8 Å². The summed E-state index contributed by atoms with van der Waals surface area (Å²) >= 11 is 0. The molecule has 1 fully saturated rings. The minimum Gasteiger partial charge on any atom is -0.480 e. The van der Waals surface area contributed by atoms with E-state index in [9.17, 15) is 14.4 Å². The molecule has 0 radical (unpaired) electrons. The second-order valence-corrected chi connectivity index (χ2v) is 5.89. The molecule has 1 aromatic carbocycles. The molecule has 1 unspecified atom stereocenters. The molecule has 6 nitrogen and oxygen atoms in total. The fourth-order valence-corrected chi connectivity index (χ4v) is 2.73. The second-order valence-electron chi connectivity index (χ2n) is 5.89. The Labute approximate surface area is 135 Å². The van der Waals surface area contributed by atoms with E-state index >= 15 is 0 Å². The lowest BCUT2D eigenvalue weighted by molar-refractivity contribution is -0.138. The third kappa shape index (κ3) is 4.55. The van der Waals surface area contributed by atoms with Gasteiger partial charge in [0.05, 0.1) is 11.1 Å². The maximum Gasteiger partial charge on any atom is 0.325 e. The molecule has 0 aromatic heterocycles. The summed E-state index contributed by atoms with van der Waals surface area (Å²) in [5.74, 6) is -1.97. The molecule has 1 saturated carbocycles. The van der Waals surface area contributed by atoms with Crippen molar-refractivity contribution in [3.63, 3.8) is 0 Å². The van der Waals surface area contributed by atoms with Crippen molar-refractivity contribution in [1.82, 2.24) is 10.6 Å². The zero-order valence-electron chi connectivity index (χ0n) is 13.2. The largest absolute Gasteiger partial charge is 0.480 e. The number of benzene rings is 1. The molecule has 0 heterocycles. The molecule has 1 atom stereocenters. The quantitative estimate of drug-likeness (QED) is 0.773. The van der Waals surface area contributed by atoms with Gasteiger partial charge in [-0.1, -0.05) is 31.4 Å². The summed E-state index contributed by atoms with van der Waals surface area (Å²) in [6.45, 7) is 1.38. The van der Waals surface area contributed by atoms with Gasteiger partial charge in [-0.25, -0.2) is 0 Å². The summed E-state index contributed by atoms with van der Waals surface area (Å²) in [7, 11) is 0. The van der Waals surface area contributed by atoms with Crippen molar-refractivity contribution in [2.45, 2.75) is 51.1 Å². The summed E-state index contributed by atoms with van der Waals surface area (Å²) in [6.07, 6.45) is 5.30. The van der Waals surface area contributed by atoms with E-state index < -0.39 is 17.9 Å². The van der Waals surface area contributed by atoms with Gasteiger partial charge in [-0.3, -0.25) is 14.4 Å². The number of carboxylic acid groups (broad SMARTS) is 1. The minimum absolute atomic E-state index is 0.144. The zero-order valence-corrected chi connectivity index (χ0v) is 13.2. The second kappa shape index (κ2) is 7.76. The van der Waals surface area contributed by atoms with Crippen LogP contribution in [0.4, 0.5) is 0 Å². The van der Waals surface area contributed by atoms with E-state index in [-0.39, 0.29) is 23.1 Å². The van der Waals surface area contributed by atoms with Gasteiger partial charge in [-0.05, 0) is 31.9 Å². The van der Waals surface area contributed by atoms with Gasteiger partial charge < -0.3 is 15.7 Å². The molecule has 1 aliphatic rings. The van der Waals surface area contributed by atoms with Crippen LogP contribution >= 0.6 is 0 Å². The van der Waals surface area contributed by atoms with Crippen molar-refractivity contribution in [2.75, 3.05) is 0 Å². The summed E-state index contributed by atoms with van der Waals surface area (Å²) in [4.78, 5) is 35.5. The van der Waals surface area contributed by atoms with Crippen molar-refractivity contribution in [3.05, 3.63) is 35.4 Å². The molecule has 0 bridgehead atoms. The van der Waals surface area contributed by atoms with Crippen LogP contribution in [0.3, 0.4) is 0 Å². The normalized spacial score (nSPS) is 16.4. The van der Waals surface area contributed by atoms with Crippen LogP contribution in [0.5, 0.6) is 0 Å². The average Bonchev–Trinajstić information content (AvgIpc) is 2.55.